The summed E-state index contributed by atoms with van der Waals surface area (Å²) in [7, 11) is 1.71. The highest BCUT2D eigenvalue weighted by Gasteiger charge is 2.10. The SMILES string of the molecule is Cn1ccc(C(=O)/C=C/c2ccccc2[N+](=O)[O-])n1. The van der Waals surface area contributed by atoms with Gasteiger partial charge in [-0.15, -0.1) is 0 Å². The van der Waals surface area contributed by atoms with Crippen LogP contribution in [-0.2, 0) is 7.05 Å². The molecule has 2 rings (SSSR count). The predicted molar refractivity (Wildman–Crippen MR) is 69.7 cm³/mol. The molecular formula is C13H11N3O3. The number of nitro groups is 1. The third-order valence-electron chi connectivity index (χ3n) is 2.51. The monoisotopic (exact) mass is 257 g/mol. The Kier molecular flexibility index (Phi) is 3.51. The van der Waals surface area contributed by atoms with E-state index in [4.69, 9.17) is 0 Å². The summed E-state index contributed by atoms with van der Waals surface area (Å²) in [6, 6.07) is 7.82. The second-order valence-electron chi connectivity index (χ2n) is 3.89. The van der Waals surface area contributed by atoms with Crippen LogP contribution in [0.5, 0.6) is 0 Å². The number of nitro benzene ring substituents is 1. The first kappa shape index (κ1) is 12.7. The van der Waals surface area contributed by atoms with E-state index in [-0.39, 0.29) is 11.5 Å². The van der Waals surface area contributed by atoms with Crippen LogP contribution in [0.25, 0.3) is 6.08 Å². The maximum atomic E-state index is 11.8. The third kappa shape index (κ3) is 2.92. The molecule has 1 heterocycles. The number of allylic oxidation sites excluding steroid dienone is 1. The van der Waals surface area contributed by atoms with Crippen LogP contribution in [0.4, 0.5) is 5.69 Å². The van der Waals surface area contributed by atoms with Crippen LogP contribution in [0.15, 0.2) is 42.6 Å². The maximum Gasteiger partial charge on any atom is 0.276 e. The molecule has 0 unspecified atom stereocenters. The second-order valence-corrected chi connectivity index (χ2v) is 3.89. The van der Waals surface area contributed by atoms with Crippen molar-refractivity contribution >= 4 is 17.5 Å². The Morgan fingerprint density at radius 1 is 1.37 bits per heavy atom. The smallest absolute Gasteiger partial charge is 0.276 e. The van der Waals surface area contributed by atoms with Crippen molar-refractivity contribution in [2.24, 2.45) is 7.05 Å². The Morgan fingerprint density at radius 3 is 2.74 bits per heavy atom. The van der Waals surface area contributed by atoms with Gasteiger partial charge in [0.25, 0.3) is 5.69 Å². The summed E-state index contributed by atoms with van der Waals surface area (Å²) in [5.74, 6) is -0.293. The predicted octanol–water partition coefficient (Wildman–Crippen LogP) is 2.22. The highest BCUT2D eigenvalue weighted by molar-refractivity contribution is 6.05. The molecule has 0 amide bonds. The van der Waals surface area contributed by atoms with Crippen LogP contribution in [0, 0.1) is 10.1 Å². The molecule has 1 aromatic carbocycles. The van der Waals surface area contributed by atoms with Gasteiger partial charge in [-0.2, -0.15) is 5.10 Å². The zero-order valence-corrected chi connectivity index (χ0v) is 10.2. The molecule has 0 fully saturated rings. The molecule has 2 aromatic rings. The van der Waals surface area contributed by atoms with Gasteiger partial charge >= 0.3 is 0 Å². The summed E-state index contributed by atoms with van der Waals surface area (Å²) in [4.78, 5) is 22.1. The van der Waals surface area contributed by atoms with Gasteiger partial charge in [0, 0.05) is 19.3 Å². The lowest BCUT2D eigenvalue weighted by Crippen LogP contribution is -1.98. The lowest BCUT2D eigenvalue weighted by atomic mass is 10.1. The molecule has 0 aliphatic heterocycles. The molecule has 0 atom stereocenters. The molecule has 0 spiro atoms. The van der Waals surface area contributed by atoms with Crippen LogP contribution in [-0.4, -0.2) is 20.5 Å². The van der Waals surface area contributed by atoms with Crippen LogP contribution >= 0.6 is 0 Å². The molecule has 6 nitrogen and oxygen atoms in total. The van der Waals surface area contributed by atoms with Gasteiger partial charge in [-0.3, -0.25) is 19.6 Å². The van der Waals surface area contributed by atoms with Gasteiger partial charge in [0.1, 0.15) is 5.69 Å². The van der Waals surface area contributed by atoms with E-state index in [9.17, 15) is 14.9 Å². The van der Waals surface area contributed by atoms with Crippen LogP contribution < -0.4 is 0 Å². The van der Waals surface area contributed by atoms with Gasteiger partial charge in [-0.1, -0.05) is 12.1 Å². The Morgan fingerprint density at radius 2 is 2.11 bits per heavy atom. The van der Waals surface area contributed by atoms with Gasteiger partial charge in [0.05, 0.1) is 10.5 Å². The van der Waals surface area contributed by atoms with Crippen molar-refractivity contribution in [3.63, 3.8) is 0 Å². The van der Waals surface area contributed by atoms with E-state index in [1.54, 1.807) is 37.5 Å². The normalized spacial score (nSPS) is 10.8. The van der Waals surface area contributed by atoms with E-state index in [0.29, 0.717) is 11.3 Å². The number of aryl methyl sites for hydroxylation is 1. The highest BCUT2D eigenvalue weighted by atomic mass is 16.6. The number of rotatable bonds is 4. The van der Waals surface area contributed by atoms with Gasteiger partial charge < -0.3 is 0 Å². The number of hydrogen-bond donors (Lipinski definition) is 0. The van der Waals surface area contributed by atoms with E-state index in [0.717, 1.165) is 0 Å². The molecule has 96 valence electrons. The van der Waals surface area contributed by atoms with Crippen molar-refractivity contribution < 1.29 is 9.72 Å². The highest BCUT2D eigenvalue weighted by Crippen LogP contribution is 2.19. The summed E-state index contributed by atoms with van der Waals surface area (Å²) in [5.41, 5.74) is 0.654. The van der Waals surface area contributed by atoms with Gasteiger partial charge in [0.2, 0.25) is 5.78 Å². The molecule has 6 heteroatoms. The fourth-order valence-electron chi connectivity index (χ4n) is 1.59. The molecular weight excluding hydrogens is 246 g/mol. The average Bonchev–Trinajstić information content (AvgIpc) is 2.83. The molecule has 0 aliphatic rings. The van der Waals surface area contributed by atoms with E-state index in [1.807, 2.05) is 0 Å². The number of hydrogen-bond acceptors (Lipinski definition) is 4. The minimum atomic E-state index is -0.481. The average molecular weight is 257 g/mol. The molecule has 0 radical (unpaired) electrons. The Balaban J connectivity index is 2.24. The zero-order valence-electron chi connectivity index (χ0n) is 10.2. The maximum absolute atomic E-state index is 11.8. The molecule has 0 aliphatic carbocycles. The number of benzene rings is 1. The van der Waals surface area contributed by atoms with Crippen LogP contribution in [0.1, 0.15) is 16.1 Å². The summed E-state index contributed by atoms with van der Waals surface area (Å²) in [5, 5.41) is 14.8. The number of para-hydroxylation sites is 1. The minimum Gasteiger partial charge on any atom is -0.287 e. The first-order valence-electron chi connectivity index (χ1n) is 5.53. The van der Waals surface area contributed by atoms with Crippen molar-refractivity contribution in [3.05, 3.63) is 64.0 Å². The largest absolute Gasteiger partial charge is 0.287 e. The van der Waals surface area contributed by atoms with E-state index >= 15 is 0 Å². The van der Waals surface area contributed by atoms with Crippen molar-refractivity contribution in [1.82, 2.24) is 9.78 Å². The summed E-state index contributed by atoms with van der Waals surface area (Å²) in [6.07, 6.45) is 4.37. The lowest BCUT2D eigenvalue weighted by Gasteiger charge is -1.95. The van der Waals surface area contributed by atoms with Crippen molar-refractivity contribution in [3.8, 4) is 0 Å². The van der Waals surface area contributed by atoms with E-state index < -0.39 is 4.92 Å². The van der Waals surface area contributed by atoms with Crippen LogP contribution in [0.2, 0.25) is 0 Å². The summed E-state index contributed by atoms with van der Waals surface area (Å²) >= 11 is 0. The summed E-state index contributed by atoms with van der Waals surface area (Å²) < 4.78 is 1.52. The fourth-order valence-corrected chi connectivity index (χ4v) is 1.59. The Hall–Kier alpha value is -2.76. The van der Waals surface area contributed by atoms with Crippen molar-refractivity contribution in [2.45, 2.75) is 0 Å². The lowest BCUT2D eigenvalue weighted by molar-refractivity contribution is -0.385. The van der Waals surface area contributed by atoms with Gasteiger partial charge in [-0.05, 0) is 24.3 Å². The Bertz CT molecular complexity index is 659. The second kappa shape index (κ2) is 5.26. The molecule has 1 aromatic heterocycles. The first-order valence-corrected chi connectivity index (χ1v) is 5.53. The van der Waals surface area contributed by atoms with E-state index in [2.05, 4.69) is 5.10 Å². The zero-order chi connectivity index (χ0) is 13.8. The van der Waals surface area contributed by atoms with E-state index in [1.165, 1.54) is 22.9 Å². The number of nitrogens with zero attached hydrogens (tertiary/aromatic N) is 3. The van der Waals surface area contributed by atoms with Gasteiger partial charge in [0.15, 0.2) is 0 Å². The number of aromatic nitrogens is 2. The summed E-state index contributed by atoms with van der Waals surface area (Å²) in [6.45, 7) is 0. The third-order valence-corrected chi connectivity index (χ3v) is 2.51. The van der Waals surface area contributed by atoms with Crippen LogP contribution in [0.3, 0.4) is 0 Å². The minimum absolute atomic E-state index is 0.0347. The number of ketones is 1. The Labute approximate surface area is 109 Å². The molecule has 0 saturated heterocycles. The van der Waals surface area contributed by atoms with Crippen molar-refractivity contribution in [2.75, 3.05) is 0 Å². The first-order chi connectivity index (χ1) is 9.08. The number of carbonyl (C=O) groups excluding carboxylic acids is 1. The fraction of sp³-hybridized carbons (Fsp3) is 0.0769. The molecule has 19 heavy (non-hydrogen) atoms. The molecule has 0 bridgehead atoms. The standard InChI is InChI=1S/C13H11N3O3/c1-15-9-8-11(14-15)13(17)7-6-10-4-2-3-5-12(10)16(18)19/h2-9H,1H3/b7-6+. The topological polar surface area (TPSA) is 78.0 Å². The molecule has 0 N–H and O–H groups in total. The number of carbonyl (C=O) groups is 1. The molecule has 0 saturated carbocycles. The van der Waals surface area contributed by atoms with Gasteiger partial charge in [-0.25, -0.2) is 0 Å². The van der Waals surface area contributed by atoms with Crippen molar-refractivity contribution in [1.29, 1.82) is 0 Å². The quantitative estimate of drug-likeness (QED) is 0.364.